The normalized spacial score (nSPS) is 16.7. The third-order valence-corrected chi connectivity index (χ3v) is 7.02. The van der Waals surface area contributed by atoms with Crippen LogP contribution in [0, 0.1) is 11.7 Å². The predicted molar refractivity (Wildman–Crippen MR) is 157 cm³/mol. The van der Waals surface area contributed by atoms with Gasteiger partial charge >= 0.3 is 0 Å². The summed E-state index contributed by atoms with van der Waals surface area (Å²) in [5.41, 5.74) is 1.54. The summed E-state index contributed by atoms with van der Waals surface area (Å²) in [5, 5.41) is 22.1. The first-order valence-corrected chi connectivity index (χ1v) is 14.4. The van der Waals surface area contributed by atoms with Crippen LogP contribution in [0.4, 0.5) is 4.39 Å². The molecule has 0 saturated carbocycles. The number of hydrogen-bond donors (Lipinski definition) is 2. The van der Waals surface area contributed by atoms with E-state index in [9.17, 15) is 18.8 Å². The van der Waals surface area contributed by atoms with E-state index < -0.39 is 23.7 Å². The molecule has 0 spiro atoms. The Morgan fingerprint density at radius 3 is 2.66 bits per heavy atom. The molecule has 0 fully saturated rings. The van der Waals surface area contributed by atoms with E-state index in [0.717, 1.165) is 11.8 Å². The molecule has 14 heteroatoms. The number of carbonyl (C=O) groups excluding carboxylic acids is 3. The highest BCUT2D eigenvalue weighted by Crippen LogP contribution is 2.21. The van der Waals surface area contributed by atoms with Crippen molar-refractivity contribution < 1.29 is 23.5 Å². The molecule has 1 aliphatic heterocycles. The number of ether oxygens (including phenoxy) is 1. The van der Waals surface area contributed by atoms with Crippen molar-refractivity contribution >= 4 is 17.7 Å². The fraction of sp³-hybridized carbons (Fsp3) is 0.367. The van der Waals surface area contributed by atoms with Gasteiger partial charge in [0, 0.05) is 32.3 Å². The monoisotopic (exact) mass is 603 g/mol. The zero-order valence-electron chi connectivity index (χ0n) is 24.5. The predicted octanol–water partition coefficient (Wildman–Crippen LogP) is 2.04. The van der Waals surface area contributed by atoms with Gasteiger partial charge in [-0.2, -0.15) is 0 Å². The molecule has 3 heterocycles. The van der Waals surface area contributed by atoms with E-state index >= 15 is 0 Å². The molecule has 0 aliphatic carbocycles. The number of carbonyl (C=O) groups is 3. The van der Waals surface area contributed by atoms with Gasteiger partial charge in [0.2, 0.25) is 5.91 Å². The summed E-state index contributed by atoms with van der Waals surface area (Å²) in [6.45, 7) is 4.87. The number of rotatable bonds is 4. The van der Waals surface area contributed by atoms with Gasteiger partial charge in [0.1, 0.15) is 24.2 Å². The standard InChI is InChI=1S/C30H34FN9O4/c1-20(2)16-25-29(42)32-11-13-38(30(43)26-19-40(37-35-26)23-6-4-3-5-7-23)12-10-22-18-39(36-34-22)14-15-44-27-9-8-21(31)17-24(27)28(41)33-25/h3-9,17-20,25H,10-16H2,1-2H3,(H,32,42)(H,33,41)/t25-/m1/s1. The molecule has 2 aromatic carbocycles. The van der Waals surface area contributed by atoms with Crippen LogP contribution in [-0.4, -0.2) is 84.9 Å². The van der Waals surface area contributed by atoms with Gasteiger partial charge in [-0.25, -0.2) is 13.8 Å². The zero-order valence-corrected chi connectivity index (χ0v) is 24.5. The van der Waals surface area contributed by atoms with E-state index in [1.54, 1.807) is 22.0 Å². The zero-order chi connectivity index (χ0) is 31.1. The summed E-state index contributed by atoms with van der Waals surface area (Å²) in [4.78, 5) is 41.7. The number of hydrogen-bond acceptors (Lipinski definition) is 8. The Morgan fingerprint density at radius 1 is 1.05 bits per heavy atom. The number of aromatic nitrogens is 6. The summed E-state index contributed by atoms with van der Waals surface area (Å²) in [5.74, 6) is -1.76. The number of nitrogens with zero attached hydrogens (tertiary/aromatic N) is 7. The fourth-order valence-electron chi connectivity index (χ4n) is 4.79. The van der Waals surface area contributed by atoms with Crippen molar-refractivity contribution in [3.05, 3.63) is 83.7 Å². The molecule has 3 amide bonds. The van der Waals surface area contributed by atoms with E-state index in [1.165, 1.54) is 16.8 Å². The van der Waals surface area contributed by atoms with E-state index in [2.05, 4.69) is 31.3 Å². The van der Waals surface area contributed by atoms with Gasteiger partial charge in [0.15, 0.2) is 5.69 Å². The molecular weight excluding hydrogens is 569 g/mol. The molecule has 1 aliphatic rings. The third kappa shape index (κ3) is 7.62. The largest absolute Gasteiger partial charge is 0.491 e. The Balaban J connectivity index is 1.38. The first-order valence-electron chi connectivity index (χ1n) is 14.4. The number of halogens is 1. The topological polar surface area (TPSA) is 149 Å². The average Bonchev–Trinajstić information content (AvgIpc) is 3.69. The van der Waals surface area contributed by atoms with Crippen molar-refractivity contribution in [3.63, 3.8) is 0 Å². The molecule has 1 atom stereocenters. The van der Waals surface area contributed by atoms with E-state index in [0.29, 0.717) is 25.1 Å². The highest BCUT2D eigenvalue weighted by atomic mass is 19.1. The highest BCUT2D eigenvalue weighted by molar-refractivity contribution is 5.99. The molecule has 13 nitrogen and oxygen atoms in total. The second-order valence-electron chi connectivity index (χ2n) is 10.8. The van der Waals surface area contributed by atoms with Crippen LogP contribution in [0.3, 0.4) is 0 Å². The Kier molecular flexibility index (Phi) is 9.57. The summed E-state index contributed by atoms with van der Waals surface area (Å²) < 4.78 is 23.1. The molecule has 5 rings (SSSR count). The summed E-state index contributed by atoms with van der Waals surface area (Å²) >= 11 is 0. The number of fused-ring (bicyclic) bond motifs is 3. The molecule has 0 radical (unpaired) electrons. The smallest absolute Gasteiger partial charge is 0.276 e. The second-order valence-corrected chi connectivity index (χ2v) is 10.8. The van der Waals surface area contributed by atoms with Crippen molar-refractivity contribution in [2.75, 3.05) is 26.2 Å². The highest BCUT2D eigenvalue weighted by Gasteiger charge is 2.26. The van der Waals surface area contributed by atoms with Crippen molar-refractivity contribution in [3.8, 4) is 11.4 Å². The number of benzene rings is 2. The maximum Gasteiger partial charge on any atom is 0.276 e. The molecule has 4 aromatic rings. The van der Waals surface area contributed by atoms with Crippen LogP contribution in [0.2, 0.25) is 0 Å². The minimum absolute atomic E-state index is 0.0210. The maximum absolute atomic E-state index is 14.1. The van der Waals surface area contributed by atoms with Gasteiger partial charge in [0.05, 0.1) is 29.7 Å². The van der Waals surface area contributed by atoms with Gasteiger partial charge in [0.25, 0.3) is 11.8 Å². The average molecular weight is 604 g/mol. The lowest BCUT2D eigenvalue weighted by molar-refractivity contribution is -0.123. The molecule has 230 valence electrons. The number of para-hydroxylation sites is 1. The minimum Gasteiger partial charge on any atom is -0.491 e. The van der Waals surface area contributed by atoms with Gasteiger partial charge in [-0.3, -0.25) is 14.4 Å². The lowest BCUT2D eigenvalue weighted by atomic mass is 10.0. The van der Waals surface area contributed by atoms with Crippen LogP contribution < -0.4 is 15.4 Å². The number of nitrogens with one attached hydrogen (secondary N) is 2. The Bertz CT molecular complexity index is 1600. The molecule has 44 heavy (non-hydrogen) atoms. The first-order chi connectivity index (χ1) is 21.3. The lowest BCUT2D eigenvalue weighted by Crippen LogP contribution is -2.49. The van der Waals surface area contributed by atoms with Crippen molar-refractivity contribution in [2.45, 2.75) is 39.3 Å². The molecule has 0 saturated heterocycles. The van der Waals surface area contributed by atoms with Gasteiger partial charge in [-0.1, -0.05) is 42.5 Å². The molecule has 0 unspecified atom stereocenters. The van der Waals surface area contributed by atoms with Crippen LogP contribution in [0.1, 0.15) is 46.8 Å². The number of amides is 3. The van der Waals surface area contributed by atoms with Crippen LogP contribution >= 0.6 is 0 Å². The van der Waals surface area contributed by atoms with Crippen LogP contribution in [0.25, 0.3) is 5.69 Å². The van der Waals surface area contributed by atoms with Crippen molar-refractivity contribution in [1.82, 2.24) is 45.5 Å². The Morgan fingerprint density at radius 2 is 1.86 bits per heavy atom. The first kappa shape index (κ1) is 30.3. The molecule has 2 bridgehead atoms. The van der Waals surface area contributed by atoms with Gasteiger partial charge in [-0.15, -0.1) is 10.2 Å². The van der Waals surface area contributed by atoms with Crippen molar-refractivity contribution in [1.29, 1.82) is 0 Å². The summed E-state index contributed by atoms with van der Waals surface area (Å²) in [6.07, 6.45) is 4.06. The Hall–Kier alpha value is -5.14. The minimum atomic E-state index is -0.892. The van der Waals surface area contributed by atoms with Crippen LogP contribution in [0.5, 0.6) is 5.75 Å². The van der Waals surface area contributed by atoms with E-state index in [1.807, 2.05) is 44.2 Å². The van der Waals surface area contributed by atoms with Crippen molar-refractivity contribution in [2.24, 2.45) is 5.92 Å². The quantitative estimate of drug-likeness (QED) is 0.360. The maximum atomic E-state index is 14.1. The Labute approximate surface area is 253 Å². The van der Waals surface area contributed by atoms with E-state index in [4.69, 9.17) is 4.74 Å². The summed E-state index contributed by atoms with van der Waals surface area (Å²) in [7, 11) is 0. The molecular formula is C30H34FN9O4. The SMILES string of the molecule is CC(C)C[C@H]1NC(=O)c2cc(F)ccc2OCCn2cc(nn2)CCN(C(=O)c2cn(-c3ccccc3)nn2)CCNC1=O. The fourth-order valence-corrected chi connectivity index (χ4v) is 4.79. The van der Waals surface area contributed by atoms with Crippen LogP contribution in [-0.2, 0) is 17.8 Å². The van der Waals surface area contributed by atoms with Gasteiger partial charge in [-0.05, 0) is 42.7 Å². The second kappa shape index (κ2) is 13.9. The lowest BCUT2D eigenvalue weighted by Gasteiger charge is -2.24. The van der Waals surface area contributed by atoms with Crippen LogP contribution in [0.15, 0.2) is 60.9 Å². The van der Waals surface area contributed by atoms with Gasteiger partial charge < -0.3 is 20.3 Å². The third-order valence-electron chi connectivity index (χ3n) is 7.02. The van der Waals surface area contributed by atoms with E-state index in [-0.39, 0.29) is 55.1 Å². The molecule has 2 N–H and O–H groups in total. The molecule has 2 aromatic heterocycles. The summed E-state index contributed by atoms with van der Waals surface area (Å²) in [6, 6.07) is 12.1.